The molecule has 0 atom stereocenters. The van der Waals surface area contributed by atoms with Gasteiger partial charge in [-0.15, -0.1) is 0 Å². The highest BCUT2D eigenvalue weighted by Crippen LogP contribution is 2.34. The third-order valence-corrected chi connectivity index (χ3v) is 10.3. The van der Waals surface area contributed by atoms with Crippen molar-refractivity contribution in [2.75, 3.05) is 0 Å². The molecule has 0 heterocycles. The maximum Gasteiger partial charge on any atom is 0.193 e. The van der Waals surface area contributed by atoms with Gasteiger partial charge in [0.15, 0.2) is 8.32 Å². The smallest absolute Gasteiger partial charge is 0.193 e. The summed E-state index contributed by atoms with van der Waals surface area (Å²) in [5.74, 6) is 0. The van der Waals surface area contributed by atoms with E-state index in [9.17, 15) is 4.80 Å². The molecule has 0 aromatic carbocycles. The molecule has 2 heteroatoms. The van der Waals surface area contributed by atoms with Crippen molar-refractivity contribution < 1.29 is 4.80 Å². The van der Waals surface area contributed by atoms with Gasteiger partial charge in [-0.2, -0.15) is 0 Å². The molecule has 1 nitrogen and oxygen atoms in total. The fourth-order valence-corrected chi connectivity index (χ4v) is 6.62. The van der Waals surface area contributed by atoms with Crippen molar-refractivity contribution in [1.82, 2.24) is 0 Å². The Labute approximate surface area is 136 Å². The monoisotopic (exact) mass is 314 g/mol. The van der Waals surface area contributed by atoms with Crippen LogP contribution in [-0.2, 0) is 0 Å². The van der Waals surface area contributed by atoms with Gasteiger partial charge < -0.3 is 4.80 Å². The molecule has 0 saturated heterocycles. The highest BCUT2D eigenvalue weighted by molar-refractivity contribution is 6.75. The average molecular weight is 315 g/mol. The molecule has 0 rings (SSSR count). The summed E-state index contributed by atoms with van der Waals surface area (Å²) in [5.41, 5.74) is 1.00. The third-order valence-electron chi connectivity index (χ3n) is 5.18. The van der Waals surface area contributed by atoms with Crippen molar-refractivity contribution in [2.45, 2.75) is 122 Å². The van der Waals surface area contributed by atoms with Crippen LogP contribution in [0.2, 0.25) is 17.1 Å². The molecule has 0 spiro atoms. The summed E-state index contributed by atoms with van der Waals surface area (Å²) in [6, 6.07) is 1.11. The third kappa shape index (κ3) is 9.73. The van der Waals surface area contributed by atoms with E-state index in [4.69, 9.17) is 0 Å². The Hall–Kier alpha value is 0.177. The van der Waals surface area contributed by atoms with E-state index in [2.05, 4.69) is 34.6 Å². The highest BCUT2D eigenvalue weighted by atomic mass is 28.4. The van der Waals surface area contributed by atoms with Crippen LogP contribution in [0, 0.1) is 0 Å². The molecule has 0 aliphatic rings. The van der Waals surface area contributed by atoms with E-state index >= 15 is 0 Å². The van der Waals surface area contributed by atoms with Gasteiger partial charge in [0.2, 0.25) is 0 Å². The minimum absolute atomic E-state index is 0.501. The number of hydrogen-bond acceptors (Lipinski definition) is 1. The van der Waals surface area contributed by atoms with E-state index in [-0.39, 0.29) is 0 Å². The second kappa shape index (κ2) is 12.7. The molecule has 0 aliphatic heterocycles. The van der Waals surface area contributed by atoms with Crippen molar-refractivity contribution in [3.05, 3.63) is 0 Å². The van der Waals surface area contributed by atoms with Crippen molar-refractivity contribution >= 4 is 8.32 Å². The Balaban J connectivity index is 3.47. The first kappa shape index (κ1) is 21.2. The molecule has 0 aromatic heterocycles. The van der Waals surface area contributed by atoms with Crippen molar-refractivity contribution in [1.29, 1.82) is 0 Å². The average Bonchev–Trinajstić information content (AvgIpc) is 2.44. The van der Waals surface area contributed by atoms with Gasteiger partial charge in [0, 0.05) is 0 Å². The van der Waals surface area contributed by atoms with Crippen molar-refractivity contribution in [3.63, 3.8) is 0 Å². The normalized spacial score (nSPS) is 12.6. The van der Waals surface area contributed by atoms with Gasteiger partial charge in [-0.05, 0) is 17.1 Å². The topological polar surface area (TPSA) is 20.2 Å². The minimum atomic E-state index is -2.00. The fourth-order valence-electron chi connectivity index (χ4n) is 3.32. The minimum Gasteiger partial charge on any atom is -0.431 e. The number of hydrogen-bond donors (Lipinski definition) is 1. The van der Waals surface area contributed by atoms with Crippen LogP contribution >= 0.6 is 0 Å². The molecular weight excluding hydrogens is 272 g/mol. The lowest BCUT2D eigenvalue weighted by atomic mass is 10.1. The van der Waals surface area contributed by atoms with Gasteiger partial charge >= 0.3 is 0 Å². The maximum absolute atomic E-state index is 10.8. The molecule has 0 fully saturated rings. The van der Waals surface area contributed by atoms with Crippen LogP contribution in [0.4, 0.5) is 0 Å². The summed E-state index contributed by atoms with van der Waals surface area (Å²) in [6.45, 7) is 11.1. The van der Waals surface area contributed by atoms with Gasteiger partial charge in [0.1, 0.15) is 0 Å². The van der Waals surface area contributed by atoms with Crippen LogP contribution in [0.5, 0.6) is 0 Å². The molecule has 0 aromatic rings. The Bertz CT molecular complexity index is 218. The van der Waals surface area contributed by atoms with E-state index in [1.165, 1.54) is 70.6 Å². The van der Waals surface area contributed by atoms with Crippen LogP contribution in [0.15, 0.2) is 0 Å². The second-order valence-corrected chi connectivity index (χ2v) is 12.4. The lowest BCUT2D eigenvalue weighted by Crippen LogP contribution is -2.41. The standard InChI is InChI=1S/C19H42OSi/c1-6-7-8-9-10-11-12-13-14-15-16-17-21(20,18(2)3)19(4)5/h18-20H,6-17H2,1-5H3. The zero-order valence-electron chi connectivity index (χ0n) is 15.6. The van der Waals surface area contributed by atoms with E-state index in [0.717, 1.165) is 6.04 Å². The summed E-state index contributed by atoms with van der Waals surface area (Å²) >= 11 is 0. The first-order chi connectivity index (χ1) is 9.95. The lowest BCUT2D eigenvalue weighted by molar-refractivity contribution is 0.480. The summed E-state index contributed by atoms with van der Waals surface area (Å²) in [6.07, 6.45) is 15.3. The first-order valence-electron chi connectivity index (χ1n) is 9.67. The number of rotatable bonds is 14. The van der Waals surface area contributed by atoms with E-state index < -0.39 is 8.32 Å². The number of unbranched alkanes of at least 4 members (excludes halogenated alkanes) is 10. The fraction of sp³-hybridized carbons (Fsp3) is 1.00. The summed E-state index contributed by atoms with van der Waals surface area (Å²) in [5, 5.41) is 0. The predicted octanol–water partition coefficient (Wildman–Crippen LogP) is 7.06. The summed E-state index contributed by atoms with van der Waals surface area (Å²) in [7, 11) is -2.00. The molecule has 1 N–H and O–H groups in total. The molecule has 0 aliphatic carbocycles. The van der Waals surface area contributed by atoms with Crippen molar-refractivity contribution in [2.24, 2.45) is 0 Å². The van der Waals surface area contributed by atoms with Crippen LogP contribution < -0.4 is 0 Å². The molecule has 0 amide bonds. The molecule has 0 radical (unpaired) electrons. The summed E-state index contributed by atoms with van der Waals surface area (Å²) in [4.78, 5) is 10.8. The maximum atomic E-state index is 10.8. The van der Waals surface area contributed by atoms with Gasteiger partial charge in [0.05, 0.1) is 0 Å². The van der Waals surface area contributed by atoms with Gasteiger partial charge in [-0.3, -0.25) is 0 Å². The highest BCUT2D eigenvalue weighted by Gasteiger charge is 2.37. The molecule has 21 heavy (non-hydrogen) atoms. The van der Waals surface area contributed by atoms with Crippen LogP contribution in [0.1, 0.15) is 105 Å². The van der Waals surface area contributed by atoms with Gasteiger partial charge in [-0.25, -0.2) is 0 Å². The largest absolute Gasteiger partial charge is 0.431 e. The van der Waals surface area contributed by atoms with Gasteiger partial charge in [0.25, 0.3) is 0 Å². The quantitative estimate of drug-likeness (QED) is 0.269. The zero-order chi connectivity index (χ0) is 16.1. The van der Waals surface area contributed by atoms with Gasteiger partial charge in [-0.1, -0.05) is 105 Å². The zero-order valence-corrected chi connectivity index (χ0v) is 16.6. The SMILES string of the molecule is CCCCCCCCCCCCC[Si](O)(C(C)C)C(C)C. The van der Waals surface area contributed by atoms with Crippen LogP contribution in [0.25, 0.3) is 0 Å². The molecule has 0 bridgehead atoms. The predicted molar refractivity (Wildman–Crippen MR) is 99.4 cm³/mol. The lowest BCUT2D eigenvalue weighted by Gasteiger charge is -2.33. The first-order valence-corrected chi connectivity index (χ1v) is 12.0. The van der Waals surface area contributed by atoms with E-state index in [1.54, 1.807) is 0 Å². The van der Waals surface area contributed by atoms with Crippen LogP contribution in [0.3, 0.4) is 0 Å². The molecular formula is C19H42OSi. The second-order valence-electron chi connectivity index (χ2n) is 7.59. The molecule has 128 valence electrons. The van der Waals surface area contributed by atoms with Crippen molar-refractivity contribution in [3.8, 4) is 0 Å². The van der Waals surface area contributed by atoms with E-state index in [1.807, 2.05) is 0 Å². The molecule has 0 saturated carbocycles. The Morgan fingerprint density at radius 2 is 0.952 bits per heavy atom. The van der Waals surface area contributed by atoms with E-state index in [0.29, 0.717) is 11.1 Å². The van der Waals surface area contributed by atoms with Crippen LogP contribution in [-0.4, -0.2) is 13.1 Å². The Morgan fingerprint density at radius 3 is 1.29 bits per heavy atom. The Kier molecular flexibility index (Phi) is 12.8. The Morgan fingerprint density at radius 1 is 0.619 bits per heavy atom. The summed E-state index contributed by atoms with van der Waals surface area (Å²) < 4.78 is 0. The molecule has 0 unspecified atom stereocenters.